The molecule has 0 aliphatic carbocycles. The summed E-state index contributed by atoms with van der Waals surface area (Å²) >= 11 is 0. The summed E-state index contributed by atoms with van der Waals surface area (Å²) in [6.07, 6.45) is 6.58. The molecule has 3 aliphatic heterocycles. The number of anilines is 1. The van der Waals surface area contributed by atoms with E-state index in [1.165, 1.54) is 0 Å². The van der Waals surface area contributed by atoms with Crippen LogP contribution in [-0.4, -0.2) is 70.8 Å². The maximum absolute atomic E-state index is 15.1. The summed E-state index contributed by atoms with van der Waals surface area (Å²) in [5.41, 5.74) is -0.581. The van der Waals surface area contributed by atoms with E-state index in [0.29, 0.717) is 44.2 Å². The van der Waals surface area contributed by atoms with Gasteiger partial charge in [0.1, 0.15) is 17.6 Å². The second kappa shape index (κ2) is 13.5. The Morgan fingerprint density at radius 2 is 1.81 bits per heavy atom. The van der Waals surface area contributed by atoms with Crippen LogP contribution in [0.15, 0.2) is 98.1 Å². The number of allylic oxidation sites excluding steroid dienone is 1. The number of benzene rings is 3. The van der Waals surface area contributed by atoms with E-state index in [0.717, 1.165) is 16.3 Å². The second-order valence-electron chi connectivity index (χ2n) is 13.0. The van der Waals surface area contributed by atoms with Crippen LogP contribution >= 0.6 is 0 Å². The van der Waals surface area contributed by atoms with Gasteiger partial charge in [0.25, 0.3) is 5.91 Å². The van der Waals surface area contributed by atoms with Gasteiger partial charge in [0, 0.05) is 12.2 Å². The monoisotopic (exact) mass is 636 g/mol. The van der Waals surface area contributed by atoms with Crippen molar-refractivity contribution in [3.05, 3.63) is 104 Å². The normalized spacial score (nSPS) is 26.6. The smallest absolute Gasteiger partial charge is 0.312 e. The molecule has 3 aliphatic rings. The topological polar surface area (TPSA) is 96.4 Å². The molecule has 0 radical (unpaired) electrons. The number of fused-ring (bicyclic) bond motifs is 2. The van der Waals surface area contributed by atoms with Crippen molar-refractivity contribution in [2.75, 3.05) is 24.7 Å². The van der Waals surface area contributed by atoms with Gasteiger partial charge in [-0.1, -0.05) is 79.7 Å². The Labute approximate surface area is 276 Å². The summed E-state index contributed by atoms with van der Waals surface area (Å²) in [6.45, 7) is 9.69. The third-order valence-corrected chi connectivity index (χ3v) is 10.4. The average Bonchev–Trinajstić information content (AvgIpc) is 3.71. The number of unbranched alkanes of at least 4 members (excludes halogenated alkanes) is 1. The zero-order valence-corrected chi connectivity index (χ0v) is 27.1. The molecule has 8 heteroatoms. The minimum atomic E-state index is -1.25. The molecule has 8 nitrogen and oxygen atoms in total. The molecule has 6 atom stereocenters. The first kappa shape index (κ1) is 32.7. The van der Waals surface area contributed by atoms with Crippen molar-refractivity contribution in [2.24, 2.45) is 11.8 Å². The molecule has 1 N–H and O–H groups in total. The summed E-state index contributed by atoms with van der Waals surface area (Å²) in [4.78, 5) is 47.1. The summed E-state index contributed by atoms with van der Waals surface area (Å²) < 4.78 is 12.7. The van der Waals surface area contributed by atoms with Gasteiger partial charge < -0.3 is 24.4 Å². The number of likely N-dealkylation sites (tertiary alicyclic amines) is 1. The second-order valence-corrected chi connectivity index (χ2v) is 13.0. The summed E-state index contributed by atoms with van der Waals surface area (Å²) in [5, 5.41) is 12.9. The lowest BCUT2D eigenvalue weighted by Gasteiger charge is -2.39. The van der Waals surface area contributed by atoms with Crippen molar-refractivity contribution in [3.63, 3.8) is 0 Å². The van der Waals surface area contributed by atoms with Crippen LogP contribution in [0, 0.1) is 11.8 Å². The van der Waals surface area contributed by atoms with Gasteiger partial charge in [-0.2, -0.15) is 0 Å². The highest BCUT2D eigenvalue weighted by molar-refractivity contribution is 6.06. The first-order valence-corrected chi connectivity index (χ1v) is 16.7. The Morgan fingerprint density at radius 3 is 2.51 bits per heavy atom. The number of nitrogens with zero attached hydrogens (tertiary/aromatic N) is 2. The molecule has 246 valence electrons. The number of aliphatic hydroxyl groups is 1. The van der Waals surface area contributed by atoms with Crippen LogP contribution in [0.5, 0.6) is 0 Å². The van der Waals surface area contributed by atoms with Crippen LogP contribution in [-0.2, 0) is 30.3 Å². The molecule has 3 heterocycles. The van der Waals surface area contributed by atoms with E-state index in [4.69, 9.17) is 9.47 Å². The van der Waals surface area contributed by atoms with Crippen molar-refractivity contribution in [2.45, 2.75) is 68.7 Å². The molecule has 3 aromatic carbocycles. The van der Waals surface area contributed by atoms with Crippen molar-refractivity contribution < 1.29 is 29.0 Å². The van der Waals surface area contributed by atoms with Crippen molar-refractivity contribution >= 4 is 34.2 Å². The summed E-state index contributed by atoms with van der Waals surface area (Å²) in [7, 11) is 0. The van der Waals surface area contributed by atoms with E-state index in [1.54, 1.807) is 22.0 Å². The lowest BCUT2D eigenvalue weighted by Crippen LogP contribution is -2.59. The lowest BCUT2D eigenvalue weighted by molar-refractivity contribution is -0.162. The highest BCUT2D eigenvalue weighted by Crippen LogP contribution is 2.65. The molecular weight excluding hydrogens is 592 g/mol. The van der Waals surface area contributed by atoms with Gasteiger partial charge >= 0.3 is 5.97 Å². The molecule has 3 aromatic rings. The Kier molecular flexibility index (Phi) is 9.35. The lowest BCUT2D eigenvalue weighted by atomic mass is 9.65. The minimum Gasteiger partial charge on any atom is -0.465 e. The Morgan fingerprint density at radius 1 is 1.06 bits per heavy atom. The fourth-order valence-corrected chi connectivity index (χ4v) is 8.26. The molecule has 1 spiro atoms. The van der Waals surface area contributed by atoms with Gasteiger partial charge in [0.2, 0.25) is 5.91 Å². The Bertz CT molecular complexity index is 1660. The first-order chi connectivity index (χ1) is 22.8. The minimum absolute atomic E-state index is 0.201. The fraction of sp³-hybridized carbons (Fsp3) is 0.410. The molecule has 2 unspecified atom stereocenters. The predicted molar refractivity (Wildman–Crippen MR) is 182 cm³/mol. The zero-order chi connectivity index (χ0) is 33.2. The van der Waals surface area contributed by atoms with Gasteiger partial charge in [-0.05, 0) is 67.0 Å². The van der Waals surface area contributed by atoms with Crippen LogP contribution in [0.4, 0.5) is 5.69 Å². The Balaban J connectivity index is 1.45. The number of carbonyl (C=O) groups excluding carboxylic acids is 3. The predicted octanol–water partition coefficient (Wildman–Crippen LogP) is 5.63. The number of rotatable bonds is 14. The van der Waals surface area contributed by atoms with E-state index < -0.39 is 41.1 Å². The fourth-order valence-electron chi connectivity index (χ4n) is 8.26. The number of amides is 2. The number of hydrogen-bond acceptors (Lipinski definition) is 6. The van der Waals surface area contributed by atoms with Crippen LogP contribution < -0.4 is 4.90 Å². The molecule has 3 saturated heterocycles. The third-order valence-electron chi connectivity index (χ3n) is 10.4. The van der Waals surface area contributed by atoms with Crippen LogP contribution in [0.25, 0.3) is 10.8 Å². The third kappa shape index (κ3) is 5.57. The zero-order valence-electron chi connectivity index (χ0n) is 27.1. The van der Waals surface area contributed by atoms with Crippen LogP contribution in [0.2, 0.25) is 0 Å². The number of hydrogen-bond donors (Lipinski definition) is 1. The van der Waals surface area contributed by atoms with E-state index in [-0.39, 0.29) is 31.6 Å². The molecule has 3 fully saturated rings. The summed E-state index contributed by atoms with van der Waals surface area (Å²) in [5.74, 6) is -2.91. The molecule has 0 saturated carbocycles. The number of aliphatic hydroxyl groups excluding tert-OH is 1. The van der Waals surface area contributed by atoms with Gasteiger partial charge in [-0.25, -0.2) is 0 Å². The molecule has 0 aromatic heterocycles. The summed E-state index contributed by atoms with van der Waals surface area (Å²) in [6, 6.07) is 21.6. The van der Waals surface area contributed by atoms with Gasteiger partial charge in [-0.3, -0.25) is 14.4 Å². The Hall–Kier alpha value is -4.27. The molecular formula is C39H44N2O6. The highest BCUT2D eigenvalue weighted by Gasteiger charge is 2.79. The highest BCUT2D eigenvalue weighted by atomic mass is 16.6. The number of esters is 1. The molecule has 2 bridgehead atoms. The first-order valence-electron chi connectivity index (χ1n) is 16.7. The van der Waals surface area contributed by atoms with Crippen molar-refractivity contribution in [1.29, 1.82) is 0 Å². The van der Waals surface area contributed by atoms with E-state index in [2.05, 4.69) is 13.2 Å². The SMILES string of the molecule is C=CCCCOC(=O)[C@@H]1[C@H]2C(=O)N([C@@H](CO)Cc3ccccc3)C(C(=O)N(CC=C)c3ccc4ccccc4c3)C23CC[C@@]1(CC)O3. The van der Waals surface area contributed by atoms with Crippen molar-refractivity contribution in [1.82, 2.24) is 4.90 Å². The standard InChI is InChI=1S/C39H44N2O6/c1-4-7-13-23-46-37(45)33-32-35(43)41(31(26-42)24-27-14-9-8-10-15-27)34(39(32)21-20-38(33,6-3)47-39)36(44)40(22-5-2)30-19-18-28-16-11-12-17-29(28)25-30/h4-5,8-12,14-19,25,31-34,42H,1-2,6-7,13,20-24,26H2,3H3/t31-,32+,33+,34?,38-,39?/m1/s1. The average molecular weight is 637 g/mol. The van der Waals surface area contributed by atoms with Gasteiger partial charge in [-0.15, -0.1) is 13.2 Å². The quantitative estimate of drug-likeness (QED) is 0.140. The molecule has 6 rings (SSSR count). The van der Waals surface area contributed by atoms with Gasteiger partial charge in [0.05, 0.1) is 30.8 Å². The van der Waals surface area contributed by atoms with Crippen LogP contribution in [0.3, 0.4) is 0 Å². The van der Waals surface area contributed by atoms with Crippen molar-refractivity contribution in [3.8, 4) is 0 Å². The van der Waals surface area contributed by atoms with Gasteiger partial charge in [0.15, 0.2) is 0 Å². The molecule has 47 heavy (non-hydrogen) atoms. The number of ether oxygens (including phenoxy) is 2. The van der Waals surface area contributed by atoms with Crippen LogP contribution in [0.1, 0.15) is 44.6 Å². The van der Waals surface area contributed by atoms with E-state index in [1.807, 2.05) is 79.7 Å². The van der Waals surface area contributed by atoms with E-state index >= 15 is 4.79 Å². The maximum atomic E-state index is 15.1. The molecule has 2 amide bonds. The van der Waals surface area contributed by atoms with E-state index in [9.17, 15) is 14.7 Å². The largest absolute Gasteiger partial charge is 0.465 e. The maximum Gasteiger partial charge on any atom is 0.312 e. The number of carbonyl (C=O) groups is 3.